The van der Waals surface area contributed by atoms with Crippen molar-refractivity contribution in [1.29, 1.82) is 0 Å². The van der Waals surface area contributed by atoms with Gasteiger partial charge in [0.05, 0.1) is 6.10 Å². The van der Waals surface area contributed by atoms with Gasteiger partial charge in [-0.25, -0.2) is 0 Å². The quantitative estimate of drug-likeness (QED) is 0.631. The van der Waals surface area contributed by atoms with Crippen molar-refractivity contribution in [3.8, 4) is 0 Å². The van der Waals surface area contributed by atoms with Gasteiger partial charge in [-0.05, 0) is 49.0 Å². The molecule has 2 saturated carbocycles. The Morgan fingerprint density at radius 3 is 2.68 bits per heavy atom. The second-order valence-electron chi connectivity index (χ2n) is 6.57. The highest BCUT2D eigenvalue weighted by Crippen LogP contribution is 2.57. The molecule has 1 nitrogen and oxygen atoms in total. The van der Waals surface area contributed by atoms with Crippen LogP contribution in [0.3, 0.4) is 0 Å². The molecule has 0 amide bonds. The van der Waals surface area contributed by atoms with Crippen molar-refractivity contribution in [3.63, 3.8) is 0 Å². The summed E-state index contributed by atoms with van der Waals surface area (Å²) in [6.07, 6.45) is 7.34. The van der Waals surface area contributed by atoms with Gasteiger partial charge in [0.1, 0.15) is 7.85 Å². The molecule has 0 saturated heterocycles. The van der Waals surface area contributed by atoms with Gasteiger partial charge in [-0.3, -0.25) is 0 Å². The van der Waals surface area contributed by atoms with Gasteiger partial charge in [-0.15, -0.1) is 0 Å². The highest BCUT2D eigenvalue weighted by Gasteiger charge is 2.47. The summed E-state index contributed by atoms with van der Waals surface area (Å²) in [4.78, 5) is 0. The van der Waals surface area contributed by atoms with Crippen LogP contribution in [0.1, 0.15) is 37.4 Å². The second kappa shape index (κ2) is 4.24. The molecule has 19 heavy (non-hydrogen) atoms. The van der Waals surface area contributed by atoms with E-state index >= 15 is 0 Å². The first kappa shape index (κ1) is 11.8. The van der Waals surface area contributed by atoms with Gasteiger partial charge >= 0.3 is 0 Å². The summed E-state index contributed by atoms with van der Waals surface area (Å²) in [5, 5.41) is 10.7. The predicted octanol–water partition coefficient (Wildman–Crippen LogP) is 2.51. The normalized spacial score (nSPS) is 37.2. The largest absolute Gasteiger partial charge is 0.388 e. The number of fused-ring (bicyclic) bond motifs is 1. The molecule has 3 aliphatic rings. The van der Waals surface area contributed by atoms with Gasteiger partial charge in [-0.1, -0.05) is 41.4 Å². The van der Waals surface area contributed by atoms with Crippen LogP contribution in [0.2, 0.25) is 0 Å². The van der Waals surface area contributed by atoms with E-state index in [1.54, 1.807) is 5.57 Å². The van der Waals surface area contributed by atoms with Crippen molar-refractivity contribution in [3.05, 3.63) is 41.5 Å². The number of aliphatic hydroxyl groups is 1. The van der Waals surface area contributed by atoms with Gasteiger partial charge in [-0.2, -0.15) is 0 Å². The minimum absolute atomic E-state index is 0.320. The van der Waals surface area contributed by atoms with E-state index in [2.05, 4.69) is 6.08 Å². The number of aliphatic hydroxyl groups excluding tert-OH is 1. The molecular weight excluding hydrogens is 231 g/mol. The van der Waals surface area contributed by atoms with Crippen molar-refractivity contribution in [2.45, 2.75) is 31.8 Å². The lowest BCUT2D eigenvalue weighted by Gasteiger charge is -2.31. The highest BCUT2D eigenvalue weighted by molar-refractivity contribution is 6.32. The molecule has 0 aliphatic heterocycles. The Morgan fingerprint density at radius 2 is 1.89 bits per heavy atom. The number of hydrogen-bond acceptors (Lipinski definition) is 1. The molecular formula is C17H19BO. The predicted molar refractivity (Wildman–Crippen MR) is 77.3 cm³/mol. The molecule has 0 aromatic heterocycles. The van der Waals surface area contributed by atoms with Crippen LogP contribution in [-0.4, -0.2) is 13.0 Å². The summed E-state index contributed by atoms with van der Waals surface area (Å²) in [5.74, 6) is 2.78. The lowest BCUT2D eigenvalue weighted by molar-refractivity contribution is 0.0940. The average molecular weight is 250 g/mol. The zero-order chi connectivity index (χ0) is 13.0. The molecule has 2 bridgehead atoms. The fraction of sp³-hybridized carbons (Fsp3) is 0.529. The molecule has 1 N–H and O–H groups in total. The lowest BCUT2D eigenvalue weighted by Crippen LogP contribution is -2.23. The van der Waals surface area contributed by atoms with Crippen molar-refractivity contribution in [2.24, 2.45) is 23.7 Å². The minimum atomic E-state index is -0.363. The van der Waals surface area contributed by atoms with Gasteiger partial charge in [0.25, 0.3) is 0 Å². The Bertz CT molecular complexity index is 519. The summed E-state index contributed by atoms with van der Waals surface area (Å²) in [6, 6.07) is 7.71. The molecule has 2 fully saturated rings. The van der Waals surface area contributed by atoms with Crippen LogP contribution in [0.25, 0.3) is 0 Å². The van der Waals surface area contributed by atoms with E-state index in [1.165, 1.54) is 25.7 Å². The third-order valence-electron chi connectivity index (χ3n) is 5.60. The molecule has 1 aromatic carbocycles. The zero-order valence-corrected chi connectivity index (χ0v) is 11.1. The van der Waals surface area contributed by atoms with Crippen LogP contribution < -0.4 is 5.46 Å². The molecule has 3 aliphatic carbocycles. The van der Waals surface area contributed by atoms with E-state index in [9.17, 15) is 5.11 Å². The Hall–Kier alpha value is -1.02. The molecule has 5 unspecified atom stereocenters. The Morgan fingerprint density at radius 1 is 1.11 bits per heavy atom. The first-order chi connectivity index (χ1) is 9.22. The Balaban J connectivity index is 1.64. The van der Waals surface area contributed by atoms with Crippen LogP contribution in [0, 0.1) is 23.7 Å². The minimum Gasteiger partial charge on any atom is -0.388 e. The van der Waals surface area contributed by atoms with E-state index in [0.29, 0.717) is 11.8 Å². The summed E-state index contributed by atoms with van der Waals surface area (Å²) < 4.78 is 0. The summed E-state index contributed by atoms with van der Waals surface area (Å²) in [7, 11) is 5.72. The number of rotatable bonds is 2. The molecule has 2 heteroatoms. The van der Waals surface area contributed by atoms with E-state index in [1.807, 2.05) is 24.3 Å². The first-order valence-corrected chi connectivity index (χ1v) is 7.46. The van der Waals surface area contributed by atoms with Crippen molar-refractivity contribution < 1.29 is 5.11 Å². The molecule has 0 heterocycles. The van der Waals surface area contributed by atoms with Crippen molar-refractivity contribution >= 4 is 13.3 Å². The lowest BCUT2D eigenvalue weighted by atomic mass is 9.76. The van der Waals surface area contributed by atoms with E-state index in [-0.39, 0.29) is 6.10 Å². The van der Waals surface area contributed by atoms with Crippen LogP contribution >= 0.6 is 0 Å². The number of hydrogen-bond donors (Lipinski definition) is 1. The first-order valence-electron chi connectivity index (χ1n) is 7.46. The maximum absolute atomic E-state index is 10.7. The molecule has 0 spiro atoms. The summed E-state index contributed by atoms with van der Waals surface area (Å²) in [5.41, 5.74) is 3.41. The Kier molecular flexibility index (Phi) is 2.63. The van der Waals surface area contributed by atoms with Crippen molar-refractivity contribution in [2.75, 3.05) is 0 Å². The number of allylic oxidation sites excluding steroid dienone is 1. The van der Waals surface area contributed by atoms with Crippen LogP contribution in [0.4, 0.5) is 0 Å². The van der Waals surface area contributed by atoms with Crippen LogP contribution in [0.5, 0.6) is 0 Å². The van der Waals surface area contributed by atoms with Gasteiger partial charge in [0.2, 0.25) is 0 Å². The molecule has 1 aromatic rings. The number of benzene rings is 1. The second-order valence-corrected chi connectivity index (χ2v) is 6.57. The molecule has 2 radical (unpaired) electrons. The van der Waals surface area contributed by atoms with Crippen LogP contribution in [-0.2, 0) is 0 Å². The molecule has 4 rings (SSSR count). The maximum atomic E-state index is 10.7. The average Bonchev–Trinajstić information content (AvgIpc) is 2.94. The molecule has 96 valence electrons. The third-order valence-corrected chi connectivity index (χ3v) is 5.60. The van der Waals surface area contributed by atoms with Crippen LogP contribution in [0.15, 0.2) is 35.9 Å². The maximum Gasteiger partial charge on any atom is 0.113 e. The summed E-state index contributed by atoms with van der Waals surface area (Å²) >= 11 is 0. The fourth-order valence-electron chi connectivity index (χ4n) is 4.65. The van der Waals surface area contributed by atoms with E-state index in [0.717, 1.165) is 22.9 Å². The SMILES string of the molecule is [B]c1ccc(C(O)C2C=C3CCC4CC2CC34)cc1. The van der Waals surface area contributed by atoms with Gasteiger partial charge in [0.15, 0.2) is 0 Å². The smallest absolute Gasteiger partial charge is 0.113 e. The van der Waals surface area contributed by atoms with Gasteiger partial charge in [0, 0.05) is 5.92 Å². The van der Waals surface area contributed by atoms with Crippen molar-refractivity contribution in [1.82, 2.24) is 0 Å². The van der Waals surface area contributed by atoms with Gasteiger partial charge < -0.3 is 5.11 Å². The standard InChI is InChI=1S/C17H19BO/c18-14-5-3-10(4-6-14)17(19)16-8-12-2-1-11-7-13(16)9-15(11)12/h3-6,8,11,13,15-17,19H,1-2,7,9H2. The molecule has 5 atom stereocenters. The zero-order valence-electron chi connectivity index (χ0n) is 11.1. The van der Waals surface area contributed by atoms with E-state index < -0.39 is 0 Å². The topological polar surface area (TPSA) is 20.2 Å². The van der Waals surface area contributed by atoms with E-state index in [4.69, 9.17) is 7.85 Å². The third kappa shape index (κ3) is 1.80. The Labute approximate surface area is 116 Å². The monoisotopic (exact) mass is 250 g/mol. The summed E-state index contributed by atoms with van der Waals surface area (Å²) in [6.45, 7) is 0. The fourth-order valence-corrected chi connectivity index (χ4v) is 4.65. The highest BCUT2D eigenvalue weighted by atomic mass is 16.3.